The highest BCUT2D eigenvalue weighted by atomic mass is 19.4. The van der Waals surface area contributed by atoms with E-state index in [1.807, 2.05) is 30.3 Å². The summed E-state index contributed by atoms with van der Waals surface area (Å²) in [5.41, 5.74) is -1.66. The van der Waals surface area contributed by atoms with Crippen LogP contribution in [0, 0.1) is 0 Å². The lowest BCUT2D eigenvalue weighted by Crippen LogP contribution is -2.71. The number of benzene rings is 1. The summed E-state index contributed by atoms with van der Waals surface area (Å²) in [4.78, 5) is 13.5. The van der Waals surface area contributed by atoms with Gasteiger partial charge in [0.15, 0.2) is 5.60 Å². The summed E-state index contributed by atoms with van der Waals surface area (Å²) in [5.74, 6) is 0. The van der Waals surface area contributed by atoms with Gasteiger partial charge in [-0.15, -0.1) is 0 Å². The normalized spacial score (nSPS) is 26.0. The van der Waals surface area contributed by atoms with E-state index in [0.29, 0.717) is 25.7 Å². The second kappa shape index (κ2) is 7.44. The molecule has 0 atom stereocenters. The molecule has 1 aliphatic carbocycles. The number of nitrogens with one attached hydrogen (secondary N) is 1. The van der Waals surface area contributed by atoms with E-state index in [4.69, 9.17) is 4.74 Å². The number of ether oxygens (including phenoxy) is 1. The van der Waals surface area contributed by atoms with Gasteiger partial charge in [0.25, 0.3) is 0 Å². The first-order chi connectivity index (χ1) is 12.3. The van der Waals surface area contributed by atoms with E-state index >= 15 is 0 Å². The molecule has 1 aliphatic heterocycles. The summed E-state index contributed by atoms with van der Waals surface area (Å²) in [7, 11) is 0. The summed E-state index contributed by atoms with van der Waals surface area (Å²) < 4.78 is 43.2. The fourth-order valence-corrected chi connectivity index (χ4v) is 3.58. The average molecular weight is 372 g/mol. The van der Waals surface area contributed by atoms with E-state index < -0.39 is 17.9 Å². The second-order valence-electron chi connectivity index (χ2n) is 7.15. The van der Waals surface area contributed by atoms with Crippen LogP contribution in [-0.2, 0) is 11.3 Å². The van der Waals surface area contributed by atoms with Crippen LogP contribution in [0.5, 0.6) is 0 Å². The van der Waals surface area contributed by atoms with Crippen molar-refractivity contribution in [3.8, 4) is 0 Å². The number of aliphatic hydroxyl groups is 1. The third kappa shape index (κ3) is 4.29. The first-order valence-corrected chi connectivity index (χ1v) is 8.77. The van der Waals surface area contributed by atoms with Crippen LogP contribution in [0.3, 0.4) is 0 Å². The predicted molar refractivity (Wildman–Crippen MR) is 88.4 cm³/mol. The molecular formula is C18H23F3N2O3. The molecule has 1 saturated heterocycles. The van der Waals surface area contributed by atoms with E-state index in [2.05, 4.69) is 5.32 Å². The molecule has 1 amide bonds. The van der Waals surface area contributed by atoms with Crippen molar-refractivity contribution in [3.63, 3.8) is 0 Å². The van der Waals surface area contributed by atoms with Crippen LogP contribution in [-0.4, -0.2) is 53.1 Å². The van der Waals surface area contributed by atoms with Crippen molar-refractivity contribution in [1.29, 1.82) is 0 Å². The van der Waals surface area contributed by atoms with Gasteiger partial charge >= 0.3 is 12.3 Å². The number of amides is 1. The van der Waals surface area contributed by atoms with Crippen molar-refractivity contribution in [3.05, 3.63) is 35.9 Å². The van der Waals surface area contributed by atoms with Crippen LogP contribution in [0.15, 0.2) is 30.3 Å². The van der Waals surface area contributed by atoms with Crippen molar-refractivity contribution in [1.82, 2.24) is 10.2 Å². The van der Waals surface area contributed by atoms with E-state index in [9.17, 15) is 23.1 Å². The Hall–Kier alpha value is -1.80. The molecule has 2 fully saturated rings. The van der Waals surface area contributed by atoms with Crippen molar-refractivity contribution in [2.24, 2.45) is 0 Å². The van der Waals surface area contributed by atoms with Crippen LogP contribution in [0.2, 0.25) is 0 Å². The first-order valence-electron chi connectivity index (χ1n) is 8.77. The minimum absolute atomic E-state index is 0.0241. The fraction of sp³-hybridized carbons (Fsp3) is 0.611. The van der Waals surface area contributed by atoms with Gasteiger partial charge in [-0.3, -0.25) is 4.90 Å². The predicted octanol–water partition coefficient (Wildman–Crippen LogP) is 2.83. The minimum Gasteiger partial charge on any atom is -0.445 e. The Balaban J connectivity index is 1.36. The molecule has 8 heteroatoms. The average Bonchev–Trinajstić information content (AvgIpc) is 2.58. The minimum atomic E-state index is -4.58. The number of alkyl halides is 3. The molecule has 0 unspecified atom stereocenters. The molecule has 0 bridgehead atoms. The van der Waals surface area contributed by atoms with Gasteiger partial charge in [-0.2, -0.15) is 13.2 Å². The van der Waals surface area contributed by atoms with Crippen LogP contribution < -0.4 is 5.32 Å². The van der Waals surface area contributed by atoms with Gasteiger partial charge < -0.3 is 15.2 Å². The number of carbonyl (C=O) groups excluding carboxylic acids is 1. The first kappa shape index (κ1) is 19.0. The Morgan fingerprint density at radius 1 is 1.19 bits per heavy atom. The van der Waals surface area contributed by atoms with E-state index in [-0.39, 0.29) is 31.8 Å². The molecule has 1 saturated carbocycles. The monoisotopic (exact) mass is 372 g/mol. The second-order valence-corrected chi connectivity index (χ2v) is 7.15. The van der Waals surface area contributed by atoms with Crippen LogP contribution in [0.4, 0.5) is 18.0 Å². The number of likely N-dealkylation sites (tertiary alicyclic amines) is 1. The lowest BCUT2D eigenvalue weighted by Gasteiger charge is -2.51. The Kier molecular flexibility index (Phi) is 5.43. The largest absolute Gasteiger partial charge is 0.445 e. The third-order valence-corrected chi connectivity index (χ3v) is 5.20. The quantitative estimate of drug-likeness (QED) is 0.853. The topological polar surface area (TPSA) is 61.8 Å². The third-order valence-electron chi connectivity index (χ3n) is 5.20. The molecule has 2 aliphatic rings. The summed E-state index contributed by atoms with van der Waals surface area (Å²) in [6, 6.07) is 9.35. The molecule has 2 N–H and O–H groups in total. The van der Waals surface area contributed by atoms with Gasteiger partial charge in [0.2, 0.25) is 0 Å². The molecule has 0 spiro atoms. The number of alkyl carbamates (subject to hydrolysis) is 1. The zero-order valence-electron chi connectivity index (χ0n) is 14.3. The number of carbonyl (C=O) groups is 1. The zero-order valence-corrected chi connectivity index (χ0v) is 14.3. The smallest absolute Gasteiger partial charge is 0.419 e. The maximum absolute atomic E-state index is 12.7. The molecular weight excluding hydrogens is 349 g/mol. The van der Waals surface area contributed by atoms with E-state index in [0.717, 1.165) is 5.56 Å². The van der Waals surface area contributed by atoms with Gasteiger partial charge in [-0.05, 0) is 31.2 Å². The highest BCUT2D eigenvalue weighted by Crippen LogP contribution is 2.40. The number of nitrogens with zero attached hydrogens (tertiary/aromatic N) is 1. The van der Waals surface area contributed by atoms with Crippen molar-refractivity contribution in [2.75, 3.05) is 13.1 Å². The van der Waals surface area contributed by atoms with Gasteiger partial charge in [0, 0.05) is 25.2 Å². The van der Waals surface area contributed by atoms with Crippen LogP contribution in [0.1, 0.15) is 31.2 Å². The summed E-state index contributed by atoms with van der Waals surface area (Å²) in [6.45, 7) is -0.525. The van der Waals surface area contributed by atoms with Crippen molar-refractivity contribution < 1.29 is 27.8 Å². The molecule has 1 heterocycles. The maximum Gasteiger partial charge on any atom is 0.419 e. The van der Waals surface area contributed by atoms with Crippen LogP contribution in [0.25, 0.3) is 0 Å². The zero-order chi connectivity index (χ0) is 18.8. The number of hydrogen-bond donors (Lipinski definition) is 2. The molecule has 1 aromatic carbocycles. The number of hydrogen-bond acceptors (Lipinski definition) is 4. The number of halogens is 3. The Labute approximate surface area is 150 Å². The lowest BCUT2D eigenvalue weighted by atomic mass is 9.84. The van der Waals surface area contributed by atoms with Gasteiger partial charge in [-0.25, -0.2) is 4.79 Å². The molecule has 26 heavy (non-hydrogen) atoms. The molecule has 3 rings (SSSR count). The lowest BCUT2D eigenvalue weighted by molar-refractivity contribution is -0.306. The van der Waals surface area contributed by atoms with Gasteiger partial charge in [0.05, 0.1) is 0 Å². The van der Waals surface area contributed by atoms with Crippen LogP contribution >= 0.6 is 0 Å². The van der Waals surface area contributed by atoms with E-state index in [1.165, 1.54) is 0 Å². The molecule has 5 nitrogen and oxygen atoms in total. The maximum atomic E-state index is 12.7. The SMILES string of the molecule is O=C(NC1CCC(N2CC(O)(C(F)(F)F)C2)CC1)OCc1ccccc1. The number of β-amino-alcohol motifs (C(OH)–C–C–N with tert-alkyl or cyclic N) is 1. The Morgan fingerprint density at radius 3 is 2.38 bits per heavy atom. The highest BCUT2D eigenvalue weighted by Gasteiger charge is 2.61. The van der Waals surface area contributed by atoms with E-state index in [1.54, 1.807) is 4.90 Å². The highest BCUT2D eigenvalue weighted by molar-refractivity contribution is 5.67. The standard InChI is InChI=1S/C18H23F3N2O3/c19-18(20,21)17(25)11-23(12-17)15-8-6-14(7-9-15)22-16(24)26-10-13-4-2-1-3-5-13/h1-5,14-15,25H,6-12H2,(H,22,24). The van der Waals surface area contributed by atoms with Gasteiger partial charge in [-0.1, -0.05) is 30.3 Å². The molecule has 144 valence electrons. The number of rotatable bonds is 4. The fourth-order valence-electron chi connectivity index (χ4n) is 3.58. The summed E-state index contributed by atoms with van der Waals surface area (Å²) in [5, 5.41) is 12.3. The van der Waals surface area contributed by atoms with Crippen molar-refractivity contribution in [2.45, 2.75) is 56.2 Å². The summed E-state index contributed by atoms with van der Waals surface area (Å²) in [6.07, 6.45) is -2.30. The Morgan fingerprint density at radius 2 is 1.81 bits per heavy atom. The molecule has 0 radical (unpaired) electrons. The van der Waals surface area contributed by atoms with Gasteiger partial charge in [0.1, 0.15) is 6.61 Å². The molecule has 1 aromatic rings. The van der Waals surface area contributed by atoms with Crippen molar-refractivity contribution >= 4 is 6.09 Å². The molecule has 0 aromatic heterocycles. The summed E-state index contributed by atoms with van der Waals surface area (Å²) >= 11 is 0. The Bertz CT molecular complexity index is 610.